The van der Waals surface area contributed by atoms with Gasteiger partial charge in [0.05, 0.1) is 12.0 Å². The molecule has 1 aromatic heterocycles. The number of methoxy groups -OCH3 is 1. The standard InChI is InChI=1S/C25H28N2O5S2/c1-32-21-9-11-22(12-10-21)34(30,31)27-15-13-23-19(14-16-33-23)17-20(24(27)25(28)26-29)8-7-18-5-3-2-4-6-18/h2-6,9-12,14,16,20,24,29H,7-8,13,15,17H2,1H3,(H,26,28)/t20-,24-/m0/s1. The van der Waals surface area contributed by atoms with Gasteiger partial charge in [-0.05, 0) is 78.4 Å². The third-order valence-electron chi connectivity index (χ3n) is 6.33. The maximum atomic E-state index is 13.8. The molecule has 1 amide bonds. The Morgan fingerprint density at radius 3 is 2.56 bits per heavy atom. The zero-order valence-electron chi connectivity index (χ0n) is 18.9. The van der Waals surface area contributed by atoms with E-state index in [-0.39, 0.29) is 17.4 Å². The van der Waals surface area contributed by atoms with Crippen LogP contribution in [0.25, 0.3) is 0 Å². The van der Waals surface area contributed by atoms with E-state index in [9.17, 15) is 18.4 Å². The minimum Gasteiger partial charge on any atom is -0.497 e. The fourth-order valence-corrected chi connectivity index (χ4v) is 7.13. The molecule has 0 saturated carbocycles. The number of nitrogens with one attached hydrogen (secondary N) is 1. The number of benzene rings is 2. The van der Waals surface area contributed by atoms with Crippen LogP contribution in [0.4, 0.5) is 0 Å². The lowest BCUT2D eigenvalue weighted by Gasteiger charge is -2.36. The van der Waals surface area contributed by atoms with Crippen LogP contribution in [-0.4, -0.2) is 43.5 Å². The number of sulfonamides is 1. The van der Waals surface area contributed by atoms with E-state index in [1.54, 1.807) is 28.9 Å². The molecule has 0 saturated heterocycles. The van der Waals surface area contributed by atoms with Crippen molar-refractivity contribution in [2.24, 2.45) is 5.92 Å². The zero-order chi connectivity index (χ0) is 24.1. The SMILES string of the molecule is COc1ccc(S(=O)(=O)N2CCc3sccc3C[C@H](CCc3ccccc3)[C@H]2C(=O)NO)cc1. The van der Waals surface area contributed by atoms with Crippen molar-refractivity contribution in [2.75, 3.05) is 13.7 Å². The summed E-state index contributed by atoms with van der Waals surface area (Å²) in [4.78, 5) is 14.2. The number of carbonyl (C=O) groups is 1. The second kappa shape index (κ2) is 10.7. The molecule has 2 aromatic carbocycles. The molecule has 0 radical (unpaired) electrons. The van der Waals surface area contributed by atoms with Crippen LogP contribution in [0.1, 0.15) is 22.4 Å². The maximum Gasteiger partial charge on any atom is 0.262 e. The van der Waals surface area contributed by atoms with E-state index in [1.807, 2.05) is 35.7 Å². The topological polar surface area (TPSA) is 95.9 Å². The number of thiophene rings is 1. The molecule has 4 rings (SSSR count). The molecule has 0 bridgehead atoms. The zero-order valence-corrected chi connectivity index (χ0v) is 20.5. The van der Waals surface area contributed by atoms with Gasteiger partial charge in [-0.1, -0.05) is 30.3 Å². The van der Waals surface area contributed by atoms with E-state index in [1.165, 1.54) is 23.5 Å². The van der Waals surface area contributed by atoms with Gasteiger partial charge in [0.1, 0.15) is 11.8 Å². The Bertz CT molecular complexity index is 1210. The van der Waals surface area contributed by atoms with Crippen molar-refractivity contribution in [3.63, 3.8) is 0 Å². The number of hydrogen-bond donors (Lipinski definition) is 2. The fraction of sp³-hybridized carbons (Fsp3) is 0.320. The monoisotopic (exact) mass is 500 g/mol. The minimum atomic E-state index is -4.02. The second-order valence-electron chi connectivity index (χ2n) is 8.32. The maximum absolute atomic E-state index is 13.8. The molecular formula is C25H28N2O5S2. The summed E-state index contributed by atoms with van der Waals surface area (Å²) in [5, 5.41) is 11.6. The number of carbonyl (C=O) groups excluding carboxylic acids is 1. The summed E-state index contributed by atoms with van der Waals surface area (Å²) in [6, 6.07) is 17.0. The Labute approximate surface area is 204 Å². The van der Waals surface area contributed by atoms with E-state index in [0.29, 0.717) is 31.4 Å². The highest BCUT2D eigenvalue weighted by Crippen LogP contribution is 2.33. The first-order chi connectivity index (χ1) is 16.4. The normalized spacial score (nSPS) is 19.0. The average molecular weight is 501 g/mol. The van der Waals surface area contributed by atoms with Crippen molar-refractivity contribution in [1.82, 2.24) is 9.79 Å². The number of rotatable bonds is 7. The van der Waals surface area contributed by atoms with E-state index >= 15 is 0 Å². The van der Waals surface area contributed by atoms with Crippen molar-refractivity contribution >= 4 is 27.3 Å². The molecule has 180 valence electrons. The summed E-state index contributed by atoms with van der Waals surface area (Å²) in [6.07, 6.45) is 2.34. The summed E-state index contributed by atoms with van der Waals surface area (Å²) in [6.45, 7) is 0.141. The molecule has 3 aromatic rings. The van der Waals surface area contributed by atoms with E-state index < -0.39 is 22.0 Å². The number of hydrogen-bond acceptors (Lipinski definition) is 6. The molecule has 0 unspecified atom stereocenters. The van der Waals surface area contributed by atoms with E-state index in [4.69, 9.17) is 4.74 Å². The first-order valence-electron chi connectivity index (χ1n) is 11.1. The average Bonchev–Trinajstić information content (AvgIpc) is 3.29. The van der Waals surface area contributed by atoms with Gasteiger partial charge >= 0.3 is 0 Å². The van der Waals surface area contributed by atoms with Crippen LogP contribution >= 0.6 is 11.3 Å². The lowest BCUT2D eigenvalue weighted by molar-refractivity contribution is -0.135. The molecule has 9 heteroatoms. The third-order valence-corrected chi connectivity index (χ3v) is 9.25. The van der Waals surface area contributed by atoms with Crippen LogP contribution in [-0.2, 0) is 34.1 Å². The molecule has 0 fully saturated rings. The summed E-state index contributed by atoms with van der Waals surface area (Å²) in [5.41, 5.74) is 3.99. The van der Waals surface area contributed by atoms with Gasteiger partial charge in [0.2, 0.25) is 10.0 Å². The van der Waals surface area contributed by atoms with Crippen LogP contribution in [0.5, 0.6) is 5.75 Å². The summed E-state index contributed by atoms with van der Waals surface area (Å²) in [5.74, 6) is -0.497. The highest BCUT2D eigenvalue weighted by Gasteiger charge is 2.42. The van der Waals surface area contributed by atoms with Gasteiger partial charge in [0.15, 0.2) is 0 Å². The number of aryl methyl sites for hydroxylation is 1. The van der Waals surface area contributed by atoms with E-state index in [2.05, 4.69) is 6.07 Å². The molecule has 34 heavy (non-hydrogen) atoms. The van der Waals surface area contributed by atoms with E-state index in [0.717, 1.165) is 16.0 Å². The lowest BCUT2D eigenvalue weighted by atomic mass is 9.85. The smallest absolute Gasteiger partial charge is 0.262 e. The van der Waals surface area contributed by atoms with Crippen molar-refractivity contribution in [3.8, 4) is 5.75 Å². The van der Waals surface area contributed by atoms with Gasteiger partial charge < -0.3 is 4.74 Å². The molecule has 1 aliphatic heterocycles. The molecule has 2 N–H and O–H groups in total. The van der Waals surface area contributed by atoms with Crippen molar-refractivity contribution in [3.05, 3.63) is 82.0 Å². The molecule has 0 spiro atoms. The number of nitrogens with zero attached hydrogens (tertiary/aromatic N) is 1. The molecule has 7 nitrogen and oxygen atoms in total. The Kier molecular flexibility index (Phi) is 7.67. The molecule has 2 heterocycles. The van der Waals surface area contributed by atoms with Crippen LogP contribution in [0.2, 0.25) is 0 Å². The first kappa shape index (κ1) is 24.4. The predicted molar refractivity (Wildman–Crippen MR) is 131 cm³/mol. The Balaban J connectivity index is 1.74. The molecule has 2 atom stereocenters. The van der Waals surface area contributed by atoms with Crippen LogP contribution < -0.4 is 10.2 Å². The van der Waals surface area contributed by atoms with Crippen molar-refractivity contribution in [2.45, 2.75) is 36.6 Å². The largest absolute Gasteiger partial charge is 0.497 e. The van der Waals surface area contributed by atoms with Gasteiger partial charge in [0.25, 0.3) is 5.91 Å². The first-order valence-corrected chi connectivity index (χ1v) is 13.4. The van der Waals surface area contributed by atoms with Crippen LogP contribution in [0.3, 0.4) is 0 Å². The minimum absolute atomic E-state index is 0.0813. The Hall–Kier alpha value is -2.72. The van der Waals surface area contributed by atoms with Crippen LogP contribution in [0.15, 0.2) is 70.9 Å². The quantitative estimate of drug-likeness (QED) is 0.381. The number of hydroxylamine groups is 1. The number of amides is 1. The number of ether oxygens (including phenoxy) is 1. The number of fused-ring (bicyclic) bond motifs is 1. The summed E-state index contributed by atoms with van der Waals surface area (Å²) in [7, 11) is -2.51. The summed E-state index contributed by atoms with van der Waals surface area (Å²) < 4.78 is 34.0. The Morgan fingerprint density at radius 1 is 1.15 bits per heavy atom. The van der Waals surface area contributed by atoms with Crippen molar-refractivity contribution < 1.29 is 23.2 Å². The highest BCUT2D eigenvalue weighted by atomic mass is 32.2. The predicted octanol–water partition coefficient (Wildman–Crippen LogP) is 3.67. The van der Waals surface area contributed by atoms with Crippen molar-refractivity contribution in [1.29, 1.82) is 0 Å². The molecule has 0 aliphatic carbocycles. The molecule has 1 aliphatic rings. The van der Waals surface area contributed by atoms with Gasteiger partial charge in [-0.2, -0.15) is 4.31 Å². The highest BCUT2D eigenvalue weighted by molar-refractivity contribution is 7.89. The van der Waals surface area contributed by atoms with Gasteiger partial charge in [-0.25, -0.2) is 13.9 Å². The fourth-order valence-electron chi connectivity index (χ4n) is 4.57. The van der Waals surface area contributed by atoms with Crippen LogP contribution in [0, 0.1) is 5.92 Å². The Morgan fingerprint density at radius 2 is 1.88 bits per heavy atom. The second-order valence-corrected chi connectivity index (χ2v) is 11.2. The third kappa shape index (κ3) is 5.17. The lowest BCUT2D eigenvalue weighted by Crippen LogP contribution is -2.54. The van der Waals surface area contributed by atoms with Gasteiger partial charge in [-0.15, -0.1) is 11.3 Å². The van der Waals surface area contributed by atoms with Gasteiger partial charge in [-0.3, -0.25) is 10.0 Å². The molecular weight excluding hydrogens is 472 g/mol. The summed E-state index contributed by atoms with van der Waals surface area (Å²) >= 11 is 1.61. The van der Waals surface area contributed by atoms with Gasteiger partial charge in [0, 0.05) is 11.4 Å².